The van der Waals surface area contributed by atoms with Gasteiger partial charge in [0.1, 0.15) is 5.01 Å². The molecular weight excluding hydrogens is 292 g/mol. The molecule has 1 atom stereocenters. The molecule has 0 fully saturated rings. The molecule has 0 aliphatic heterocycles. The summed E-state index contributed by atoms with van der Waals surface area (Å²) in [4.78, 5) is 12.2. The molecule has 2 rings (SSSR count). The third kappa shape index (κ3) is 3.49. The summed E-state index contributed by atoms with van der Waals surface area (Å²) >= 11 is 2.89. The van der Waals surface area contributed by atoms with Crippen molar-refractivity contribution in [3.8, 4) is 0 Å². The minimum absolute atomic E-state index is 0.0726. The number of anilines is 2. The molecule has 106 valence electrons. The van der Waals surface area contributed by atoms with Gasteiger partial charge in [-0.05, 0) is 38.5 Å². The maximum absolute atomic E-state index is 12.2. The Labute approximate surface area is 126 Å². The summed E-state index contributed by atoms with van der Waals surface area (Å²) < 4.78 is 0.800. The van der Waals surface area contributed by atoms with E-state index in [4.69, 9.17) is 5.73 Å². The van der Waals surface area contributed by atoms with Gasteiger partial charge in [0.2, 0.25) is 5.91 Å². The van der Waals surface area contributed by atoms with E-state index in [2.05, 4.69) is 15.5 Å². The topological polar surface area (TPSA) is 80.9 Å². The van der Waals surface area contributed by atoms with Gasteiger partial charge >= 0.3 is 0 Å². The fourth-order valence-electron chi connectivity index (χ4n) is 1.55. The van der Waals surface area contributed by atoms with Crippen LogP contribution in [0.4, 0.5) is 11.4 Å². The lowest BCUT2D eigenvalue weighted by Crippen LogP contribution is -2.22. The van der Waals surface area contributed by atoms with Gasteiger partial charge in [-0.3, -0.25) is 4.79 Å². The summed E-state index contributed by atoms with van der Waals surface area (Å²) in [6.45, 7) is 5.62. The number of benzene rings is 1. The second-order valence-electron chi connectivity index (χ2n) is 4.36. The second-order valence-corrected chi connectivity index (χ2v) is 7.13. The van der Waals surface area contributed by atoms with Crippen LogP contribution in [0.15, 0.2) is 22.5 Å². The number of hydrogen-bond donors (Lipinski definition) is 2. The average Bonchev–Trinajstić information content (AvgIpc) is 2.80. The number of amides is 1. The first kappa shape index (κ1) is 14.8. The maximum atomic E-state index is 12.2. The highest BCUT2D eigenvalue weighted by Crippen LogP contribution is 2.27. The van der Waals surface area contributed by atoms with Crippen molar-refractivity contribution in [2.45, 2.75) is 30.4 Å². The van der Waals surface area contributed by atoms with E-state index >= 15 is 0 Å². The molecule has 0 aliphatic rings. The summed E-state index contributed by atoms with van der Waals surface area (Å²) in [5, 5.41) is 11.5. The number of nitrogen functional groups attached to an aromatic ring is 1. The lowest BCUT2D eigenvalue weighted by Gasteiger charge is -2.13. The molecule has 0 bridgehead atoms. The fourth-order valence-corrected chi connectivity index (χ4v) is 3.51. The van der Waals surface area contributed by atoms with Crippen LogP contribution in [0.25, 0.3) is 0 Å². The van der Waals surface area contributed by atoms with Gasteiger partial charge < -0.3 is 11.1 Å². The van der Waals surface area contributed by atoms with Crippen molar-refractivity contribution >= 4 is 40.4 Å². The highest BCUT2D eigenvalue weighted by atomic mass is 32.2. The van der Waals surface area contributed by atoms with Crippen LogP contribution < -0.4 is 11.1 Å². The average molecular weight is 308 g/mol. The highest BCUT2D eigenvalue weighted by Gasteiger charge is 2.17. The molecule has 20 heavy (non-hydrogen) atoms. The van der Waals surface area contributed by atoms with Gasteiger partial charge in [0.15, 0.2) is 4.34 Å². The van der Waals surface area contributed by atoms with Crippen LogP contribution in [-0.4, -0.2) is 21.4 Å². The third-order valence-electron chi connectivity index (χ3n) is 2.79. The molecule has 0 saturated carbocycles. The number of carbonyl (C=O) groups excluding carboxylic acids is 1. The zero-order chi connectivity index (χ0) is 14.7. The molecule has 1 aromatic carbocycles. The molecule has 1 unspecified atom stereocenters. The number of hydrogen-bond acceptors (Lipinski definition) is 6. The molecule has 5 nitrogen and oxygen atoms in total. The van der Waals surface area contributed by atoms with Gasteiger partial charge in [-0.15, -0.1) is 10.2 Å². The Hall–Kier alpha value is -1.60. The molecule has 2 aromatic rings. The van der Waals surface area contributed by atoms with Gasteiger partial charge in [-0.25, -0.2) is 0 Å². The van der Waals surface area contributed by atoms with Crippen molar-refractivity contribution in [3.63, 3.8) is 0 Å². The summed E-state index contributed by atoms with van der Waals surface area (Å²) in [6.07, 6.45) is 0. The third-order valence-corrected chi connectivity index (χ3v) is 4.81. The van der Waals surface area contributed by atoms with Crippen LogP contribution in [0.5, 0.6) is 0 Å². The highest BCUT2D eigenvalue weighted by molar-refractivity contribution is 8.02. The van der Waals surface area contributed by atoms with E-state index < -0.39 is 0 Å². The summed E-state index contributed by atoms with van der Waals surface area (Å²) in [7, 11) is 0. The Balaban J connectivity index is 2.02. The summed E-state index contributed by atoms with van der Waals surface area (Å²) in [5.74, 6) is -0.0726. The van der Waals surface area contributed by atoms with Crippen molar-refractivity contribution in [3.05, 3.63) is 28.8 Å². The molecule has 0 aliphatic carbocycles. The van der Waals surface area contributed by atoms with Crippen molar-refractivity contribution in [1.82, 2.24) is 10.2 Å². The van der Waals surface area contributed by atoms with Crippen molar-refractivity contribution in [2.75, 3.05) is 11.1 Å². The van der Waals surface area contributed by atoms with Gasteiger partial charge in [0.05, 0.1) is 5.25 Å². The molecule has 7 heteroatoms. The molecule has 0 radical (unpaired) electrons. The first-order chi connectivity index (χ1) is 9.47. The molecule has 1 aromatic heterocycles. The number of thioether (sulfide) groups is 1. The molecule has 3 N–H and O–H groups in total. The minimum Gasteiger partial charge on any atom is -0.398 e. The van der Waals surface area contributed by atoms with E-state index in [0.717, 1.165) is 20.6 Å². The number of aryl methyl sites for hydroxylation is 1. The monoisotopic (exact) mass is 308 g/mol. The van der Waals surface area contributed by atoms with Gasteiger partial charge in [-0.2, -0.15) is 0 Å². The lowest BCUT2D eigenvalue weighted by atomic mass is 10.1. The minimum atomic E-state index is -0.247. The SMILES string of the molecule is Cc1nnc(SC(C)C(=O)Nc2cccc(N)c2C)s1. The number of aromatic nitrogens is 2. The smallest absolute Gasteiger partial charge is 0.237 e. The quantitative estimate of drug-likeness (QED) is 0.670. The standard InChI is InChI=1S/C13H16N4OS2/c1-7-10(14)5-4-6-11(7)15-12(18)8(2)19-13-17-16-9(3)20-13/h4-6,8H,14H2,1-3H3,(H,15,18). The Morgan fingerprint density at radius 2 is 2.15 bits per heavy atom. The van der Waals surface area contributed by atoms with E-state index in [1.54, 1.807) is 0 Å². The van der Waals surface area contributed by atoms with Crippen LogP contribution in [0, 0.1) is 13.8 Å². The Bertz CT molecular complexity index is 627. The van der Waals surface area contributed by atoms with Crippen LogP contribution in [0.1, 0.15) is 17.5 Å². The van der Waals surface area contributed by atoms with Crippen molar-refractivity contribution in [1.29, 1.82) is 0 Å². The van der Waals surface area contributed by atoms with Crippen LogP contribution in [-0.2, 0) is 4.79 Å². The van der Waals surface area contributed by atoms with E-state index in [-0.39, 0.29) is 11.2 Å². The normalized spacial score (nSPS) is 12.2. The summed E-state index contributed by atoms with van der Waals surface area (Å²) in [5.41, 5.74) is 8.12. The van der Waals surface area contributed by atoms with Gasteiger partial charge in [-0.1, -0.05) is 29.2 Å². The van der Waals surface area contributed by atoms with Crippen LogP contribution in [0.2, 0.25) is 0 Å². The number of nitrogens with one attached hydrogen (secondary N) is 1. The number of rotatable bonds is 4. The van der Waals surface area contributed by atoms with Gasteiger partial charge in [0, 0.05) is 11.4 Å². The van der Waals surface area contributed by atoms with Crippen LogP contribution >= 0.6 is 23.1 Å². The Morgan fingerprint density at radius 3 is 2.80 bits per heavy atom. The first-order valence-electron chi connectivity index (χ1n) is 6.10. The Kier molecular flexibility index (Phi) is 4.61. The second kappa shape index (κ2) is 6.23. The van der Waals surface area contributed by atoms with E-state index in [9.17, 15) is 4.79 Å². The summed E-state index contributed by atoms with van der Waals surface area (Å²) in [6, 6.07) is 5.48. The first-order valence-corrected chi connectivity index (χ1v) is 7.79. The molecule has 1 amide bonds. The molecule has 1 heterocycles. The Morgan fingerprint density at radius 1 is 1.40 bits per heavy atom. The number of carbonyl (C=O) groups is 1. The predicted molar refractivity (Wildman–Crippen MR) is 84.2 cm³/mol. The number of nitrogens with two attached hydrogens (primary N) is 1. The van der Waals surface area contributed by atoms with E-state index in [0.29, 0.717) is 5.69 Å². The molecular formula is C13H16N4OS2. The molecule has 0 spiro atoms. The zero-order valence-electron chi connectivity index (χ0n) is 11.5. The number of nitrogens with zero attached hydrogens (tertiary/aromatic N) is 2. The van der Waals surface area contributed by atoms with E-state index in [1.165, 1.54) is 23.1 Å². The van der Waals surface area contributed by atoms with Crippen molar-refractivity contribution < 1.29 is 4.79 Å². The maximum Gasteiger partial charge on any atom is 0.237 e. The van der Waals surface area contributed by atoms with Crippen LogP contribution in [0.3, 0.4) is 0 Å². The zero-order valence-corrected chi connectivity index (χ0v) is 13.1. The van der Waals surface area contributed by atoms with E-state index in [1.807, 2.05) is 39.0 Å². The predicted octanol–water partition coefficient (Wildman–Crippen LogP) is 2.86. The fraction of sp³-hybridized carbons (Fsp3) is 0.308. The largest absolute Gasteiger partial charge is 0.398 e. The van der Waals surface area contributed by atoms with Crippen molar-refractivity contribution in [2.24, 2.45) is 0 Å². The molecule has 0 saturated heterocycles. The van der Waals surface area contributed by atoms with Gasteiger partial charge in [0.25, 0.3) is 0 Å². The lowest BCUT2D eigenvalue weighted by molar-refractivity contribution is -0.115.